The lowest BCUT2D eigenvalue weighted by molar-refractivity contribution is 0.00578. The van der Waals surface area contributed by atoms with Crippen molar-refractivity contribution in [3.05, 3.63) is 17.2 Å². The van der Waals surface area contributed by atoms with E-state index in [2.05, 4.69) is 4.90 Å². The Labute approximate surface area is 160 Å². The third-order valence-corrected chi connectivity index (χ3v) is 5.63. The second-order valence-electron chi connectivity index (χ2n) is 7.74. The van der Waals surface area contributed by atoms with Crippen LogP contribution in [0.5, 0.6) is 11.5 Å². The first-order chi connectivity index (χ1) is 12.2. The zero-order valence-electron chi connectivity index (χ0n) is 15.9. The Morgan fingerprint density at radius 1 is 1.15 bits per heavy atom. The van der Waals surface area contributed by atoms with Gasteiger partial charge in [0, 0.05) is 19.6 Å². The van der Waals surface area contributed by atoms with Crippen molar-refractivity contribution in [1.29, 1.82) is 0 Å². The van der Waals surface area contributed by atoms with Crippen LogP contribution in [0.3, 0.4) is 0 Å². The molecule has 2 fully saturated rings. The van der Waals surface area contributed by atoms with Gasteiger partial charge in [-0.15, -0.1) is 0 Å². The third-order valence-electron chi connectivity index (χ3n) is 5.34. The molecule has 2 saturated heterocycles. The summed E-state index contributed by atoms with van der Waals surface area (Å²) in [6.07, 6.45) is 0. The summed E-state index contributed by atoms with van der Waals surface area (Å²) in [5.41, 5.74) is -0.161. The quantitative estimate of drug-likeness (QED) is 0.785. The molecule has 0 amide bonds. The van der Waals surface area contributed by atoms with Crippen LogP contribution in [0.25, 0.3) is 0 Å². The molecule has 0 aromatic heterocycles. The molecule has 1 aromatic carbocycles. The van der Waals surface area contributed by atoms with Crippen LogP contribution in [0, 0.1) is 0 Å². The number of aromatic hydroxyl groups is 1. The minimum atomic E-state index is -0.556. The molecule has 8 heteroatoms. The van der Waals surface area contributed by atoms with Crippen molar-refractivity contribution in [3.63, 3.8) is 0 Å². The third kappa shape index (κ3) is 4.12. The first kappa shape index (κ1) is 19.8. The number of rotatable bonds is 5. The summed E-state index contributed by atoms with van der Waals surface area (Å²) in [5.74, 6) is 0.282. The van der Waals surface area contributed by atoms with Gasteiger partial charge in [0.15, 0.2) is 11.5 Å². The first-order valence-corrected chi connectivity index (χ1v) is 9.38. The summed E-state index contributed by atoms with van der Waals surface area (Å²) in [7, 11) is -0.556. The van der Waals surface area contributed by atoms with Crippen LogP contribution < -0.4 is 10.2 Å². The van der Waals surface area contributed by atoms with Gasteiger partial charge >= 0.3 is 7.12 Å². The molecular weight excluding hydrogens is 356 g/mol. The van der Waals surface area contributed by atoms with Crippen LogP contribution in [0.2, 0.25) is 5.02 Å². The summed E-state index contributed by atoms with van der Waals surface area (Å²) < 4.78 is 23.3. The Balaban J connectivity index is 1.69. The number of nitrogens with zero attached hydrogens (tertiary/aromatic N) is 1. The van der Waals surface area contributed by atoms with Gasteiger partial charge in [-0.25, -0.2) is 0 Å². The van der Waals surface area contributed by atoms with Gasteiger partial charge in [0.25, 0.3) is 0 Å². The summed E-state index contributed by atoms with van der Waals surface area (Å²) in [5, 5.41) is 10.5. The highest BCUT2D eigenvalue weighted by atomic mass is 35.5. The fraction of sp³-hybridized carbons (Fsp3) is 0.667. The molecule has 26 heavy (non-hydrogen) atoms. The maximum absolute atomic E-state index is 10.2. The predicted molar refractivity (Wildman–Crippen MR) is 102 cm³/mol. The van der Waals surface area contributed by atoms with E-state index in [9.17, 15) is 5.11 Å². The van der Waals surface area contributed by atoms with Crippen LogP contribution in [0.1, 0.15) is 27.7 Å². The average molecular weight is 384 g/mol. The van der Waals surface area contributed by atoms with Gasteiger partial charge in [0.05, 0.1) is 29.4 Å². The maximum Gasteiger partial charge on any atom is 0.495 e. The van der Waals surface area contributed by atoms with Crippen molar-refractivity contribution in [3.8, 4) is 11.5 Å². The number of benzene rings is 1. The second kappa shape index (κ2) is 7.56. The monoisotopic (exact) mass is 383 g/mol. The molecule has 3 rings (SSSR count). The topological polar surface area (TPSA) is 60.4 Å². The van der Waals surface area contributed by atoms with E-state index < -0.39 is 18.3 Å². The molecule has 1 aromatic rings. The SMILES string of the molecule is CC1(C)OB(c2cc(Cl)c(O)c(OCCN3CCOCC3)c2)OC1(C)C. The molecular formula is C18H27BClNO5. The largest absolute Gasteiger partial charge is 0.503 e. The van der Waals surface area contributed by atoms with E-state index in [4.69, 9.17) is 30.4 Å². The molecule has 2 aliphatic heterocycles. The number of phenolic OH excluding ortho intramolecular Hbond substituents is 1. The Morgan fingerprint density at radius 3 is 2.38 bits per heavy atom. The van der Waals surface area contributed by atoms with Gasteiger partial charge in [-0.05, 0) is 45.3 Å². The van der Waals surface area contributed by atoms with E-state index in [1.54, 1.807) is 12.1 Å². The molecule has 0 unspecified atom stereocenters. The Morgan fingerprint density at radius 2 is 1.77 bits per heavy atom. The Bertz CT molecular complexity index is 633. The lowest BCUT2D eigenvalue weighted by atomic mass is 9.79. The standard InChI is InChI=1S/C18H27BClNO5/c1-17(2)18(3,4)26-19(25-17)13-11-14(20)16(22)15(12-13)24-10-7-21-5-8-23-9-6-21/h11-12,22H,5-10H2,1-4H3. The second-order valence-corrected chi connectivity index (χ2v) is 8.15. The van der Waals surface area contributed by atoms with Gasteiger partial charge < -0.3 is 23.9 Å². The summed E-state index contributed by atoms with van der Waals surface area (Å²) >= 11 is 6.20. The molecule has 0 radical (unpaired) electrons. The number of hydrogen-bond donors (Lipinski definition) is 1. The lowest BCUT2D eigenvalue weighted by Gasteiger charge is -2.32. The predicted octanol–water partition coefficient (Wildman–Crippen LogP) is 2.06. The zero-order chi connectivity index (χ0) is 18.9. The molecule has 0 spiro atoms. The van der Waals surface area contributed by atoms with Gasteiger partial charge in [-0.1, -0.05) is 11.6 Å². The smallest absolute Gasteiger partial charge is 0.495 e. The van der Waals surface area contributed by atoms with Crippen molar-refractivity contribution in [1.82, 2.24) is 4.90 Å². The van der Waals surface area contributed by atoms with Gasteiger partial charge in [-0.2, -0.15) is 0 Å². The van der Waals surface area contributed by atoms with Crippen molar-refractivity contribution in [2.45, 2.75) is 38.9 Å². The van der Waals surface area contributed by atoms with Crippen molar-refractivity contribution in [2.75, 3.05) is 39.5 Å². The fourth-order valence-electron chi connectivity index (χ4n) is 2.93. The van der Waals surface area contributed by atoms with E-state index in [1.807, 2.05) is 27.7 Å². The van der Waals surface area contributed by atoms with Crippen LogP contribution in [0.15, 0.2) is 12.1 Å². The van der Waals surface area contributed by atoms with Crippen molar-refractivity contribution >= 4 is 24.2 Å². The average Bonchev–Trinajstić information content (AvgIpc) is 2.80. The fourth-order valence-corrected chi connectivity index (χ4v) is 3.15. The van der Waals surface area contributed by atoms with Gasteiger partial charge in [-0.3, -0.25) is 4.90 Å². The normalized spacial score (nSPS) is 22.6. The molecule has 0 aliphatic carbocycles. The number of halogens is 1. The Hall–Kier alpha value is -0.985. The number of hydrogen-bond acceptors (Lipinski definition) is 6. The van der Waals surface area contributed by atoms with Crippen LogP contribution in [0.4, 0.5) is 0 Å². The summed E-state index contributed by atoms with van der Waals surface area (Å²) in [4.78, 5) is 2.26. The van der Waals surface area contributed by atoms with Crippen LogP contribution in [-0.4, -0.2) is 67.8 Å². The molecule has 2 aliphatic rings. The zero-order valence-corrected chi connectivity index (χ0v) is 16.6. The van der Waals surface area contributed by atoms with Crippen LogP contribution >= 0.6 is 11.6 Å². The molecule has 144 valence electrons. The maximum atomic E-state index is 10.2. The Kier molecular flexibility index (Phi) is 5.75. The summed E-state index contributed by atoms with van der Waals surface area (Å²) in [6, 6.07) is 3.40. The van der Waals surface area contributed by atoms with Gasteiger partial charge in [0.2, 0.25) is 0 Å². The highest BCUT2D eigenvalue weighted by Gasteiger charge is 2.51. The molecule has 0 bridgehead atoms. The minimum Gasteiger partial charge on any atom is -0.503 e. The van der Waals surface area contributed by atoms with Gasteiger partial charge in [0.1, 0.15) is 6.61 Å². The first-order valence-electron chi connectivity index (χ1n) is 9.00. The lowest BCUT2D eigenvalue weighted by Crippen LogP contribution is -2.41. The number of morpholine rings is 1. The molecule has 6 nitrogen and oxygen atoms in total. The van der Waals surface area contributed by atoms with E-state index in [0.29, 0.717) is 12.4 Å². The van der Waals surface area contributed by atoms with E-state index in [0.717, 1.165) is 38.3 Å². The van der Waals surface area contributed by atoms with E-state index in [-0.39, 0.29) is 10.8 Å². The van der Waals surface area contributed by atoms with E-state index in [1.165, 1.54) is 0 Å². The van der Waals surface area contributed by atoms with Crippen LogP contribution in [-0.2, 0) is 14.0 Å². The minimum absolute atomic E-state index is 0.0612. The molecule has 0 atom stereocenters. The van der Waals surface area contributed by atoms with E-state index >= 15 is 0 Å². The highest BCUT2D eigenvalue weighted by molar-refractivity contribution is 6.62. The molecule has 2 heterocycles. The summed E-state index contributed by atoms with van der Waals surface area (Å²) in [6.45, 7) is 12.5. The number of ether oxygens (including phenoxy) is 2. The molecule has 0 saturated carbocycles. The highest BCUT2D eigenvalue weighted by Crippen LogP contribution is 2.38. The number of phenols is 1. The van der Waals surface area contributed by atoms with Crippen molar-refractivity contribution in [2.24, 2.45) is 0 Å². The molecule has 1 N–H and O–H groups in total. The van der Waals surface area contributed by atoms with Crippen molar-refractivity contribution < 1.29 is 23.9 Å².